The second-order valence-corrected chi connectivity index (χ2v) is 8.00. The summed E-state index contributed by atoms with van der Waals surface area (Å²) in [4.78, 5) is 31.2. The summed E-state index contributed by atoms with van der Waals surface area (Å²) in [6.45, 7) is 3.66. The van der Waals surface area contributed by atoms with Crippen LogP contribution in [0.5, 0.6) is 11.5 Å². The topological polar surface area (TPSA) is 78.0 Å². The Kier molecular flexibility index (Phi) is 5.40. The second kappa shape index (κ2) is 8.52. The average Bonchev–Trinajstić information content (AvgIpc) is 3.15. The molecular formula is C26H22N2O5. The van der Waals surface area contributed by atoms with Gasteiger partial charge in [0.15, 0.2) is 5.76 Å². The van der Waals surface area contributed by atoms with Crippen molar-refractivity contribution in [2.24, 2.45) is 0 Å². The predicted octanol–water partition coefficient (Wildman–Crippen LogP) is 4.14. The molecule has 7 heteroatoms. The number of allylic oxidation sites excluding steroid dienone is 1. The number of Topliss-reactive ketones (excluding diaryl/α,β-unsaturated/α-hetero) is 1. The molecule has 0 saturated carbocycles. The van der Waals surface area contributed by atoms with Gasteiger partial charge in [-0.3, -0.25) is 14.7 Å². The number of nitrogens with zero attached hydrogens (tertiary/aromatic N) is 2. The average molecular weight is 442 g/mol. The zero-order chi connectivity index (χ0) is 22.9. The minimum Gasteiger partial charge on any atom is -0.477 e. The van der Waals surface area contributed by atoms with Crippen LogP contribution in [0.25, 0.3) is 6.08 Å². The van der Waals surface area contributed by atoms with Crippen LogP contribution >= 0.6 is 0 Å². The van der Waals surface area contributed by atoms with Gasteiger partial charge < -0.3 is 14.2 Å². The minimum absolute atomic E-state index is 0.171. The third kappa shape index (κ3) is 3.99. The molecule has 0 fully saturated rings. The summed E-state index contributed by atoms with van der Waals surface area (Å²) in [5, 5.41) is 0. The summed E-state index contributed by atoms with van der Waals surface area (Å²) in [5.41, 5.74) is 4.46. The Hall–Kier alpha value is -3.97. The number of hydrogen-bond donors (Lipinski definition) is 0. The molecule has 0 N–H and O–H groups in total. The highest BCUT2D eigenvalue weighted by molar-refractivity contribution is 6.15. The monoisotopic (exact) mass is 442 g/mol. The lowest BCUT2D eigenvalue weighted by Crippen LogP contribution is -2.32. The van der Waals surface area contributed by atoms with E-state index >= 15 is 0 Å². The van der Waals surface area contributed by atoms with Gasteiger partial charge in [0.05, 0.1) is 23.9 Å². The van der Waals surface area contributed by atoms with Crippen LogP contribution in [-0.2, 0) is 17.8 Å². The molecule has 3 heterocycles. The fourth-order valence-corrected chi connectivity index (χ4v) is 4.10. The molecule has 0 amide bonds. The third-order valence-corrected chi connectivity index (χ3v) is 5.74. The van der Waals surface area contributed by atoms with Crippen LogP contribution in [0.15, 0.2) is 60.5 Å². The zero-order valence-electron chi connectivity index (χ0n) is 18.3. The predicted molar refractivity (Wildman–Crippen MR) is 121 cm³/mol. The Morgan fingerprint density at radius 2 is 2.00 bits per heavy atom. The molecule has 0 radical (unpaired) electrons. The van der Waals surface area contributed by atoms with E-state index in [1.54, 1.807) is 36.5 Å². The van der Waals surface area contributed by atoms with Gasteiger partial charge in [0, 0.05) is 30.4 Å². The maximum absolute atomic E-state index is 13.1. The lowest BCUT2D eigenvalue weighted by atomic mass is 10.00. The summed E-state index contributed by atoms with van der Waals surface area (Å²) >= 11 is 0. The fourth-order valence-electron chi connectivity index (χ4n) is 4.10. The number of ether oxygens (including phenoxy) is 3. The van der Waals surface area contributed by atoms with E-state index in [4.69, 9.17) is 14.2 Å². The Bertz CT molecular complexity index is 1270. The van der Waals surface area contributed by atoms with E-state index in [1.807, 2.05) is 31.2 Å². The molecule has 0 spiro atoms. The quantitative estimate of drug-likeness (QED) is 0.444. The van der Waals surface area contributed by atoms with E-state index in [1.165, 1.54) is 7.11 Å². The second-order valence-electron chi connectivity index (χ2n) is 8.00. The van der Waals surface area contributed by atoms with Gasteiger partial charge in [0.25, 0.3) is 0 Å². The minimum atomic E-state index is -0.409. The zero-order valence-corrected chi connectivity index (χ0v) is 18.3. The molecule has 33 heavy (non-hydrogen) atoms. The number of aromatic nitrogens is 1. The number of carbonyl (C=O) groups is 2. The van der Waals surface area contributed by atoms with Gasteiger partial charge in [-0.25, -0.2) is 4.79 Å². The Morgan fingerprint density at radius 3 is 2.73 bits per heavy atom. The maximum Gasteiger partial charge on any atom is 0.337 e. The van der Waals surface area contributed by atoms with Crippen LogP contribution in [0.3, 0.4) is 0 Å². The largest absolute Gasteiger partial charge is 0.477 e. The van der Waals surface area contributed by atoms with Gasteiger partial charge in [0.2, 0.25) is 5.78 Å². The molecule has 2 aromatic carbocycles. The summed E-state index contributed by atoms with van der Waals surface area (Å²) in [6.07, 6.45) is 3.45. The highest BCUT2D eigenvalue weighted by Gasteiger charge is 2.33. The molecule has 2 aliphatic rings. The van der Waals surface area contributed by atoms with Gasteiger partial charge in [-0.05, 0) is 48.9 Å². The molecule has 0 saturated heterocycles. The van der Waals surface area contributed by atoms with Crippen molar-refractivity contribution in [3.8, 4) is 11.5 Å². The first-order valence-corrected chi connectivity index (χ1v) is 10.6. The Balaban J connectivity index is 1.39. The molecule has 7 nitrogen and oxygen atoms in total. The van der Waals surface area contributed by atoms with Gasteiger partial charge in [0.1, 0.15) is 18.2 Å². The molecule has 2 aliphatic heterocycles. The van der Waals surface area contributed by atoms with Crippen molar-refractivity contribution in [2.45, 2.75) is 20.0 Å². The first kappa shape index (κ1) is 20.9. The number of fused-ring (bicyclic) bond motifs is 2. The Morgan fingerprint density at radius 1 is 1.18 bits per heavy atom. The number of pyridine rings is 1. The van der Waals surface area contributed by atoms with Crippen LogP contribution in [0, 0.1) is 6.92 Å². The van der Waals surface area contributed by atoms with Crippen LogP contribution in [0.1, 0.15) is 43.1 Å². The number of rotatable bonds is 4. The van der Waals surface area contributed by atoms with Crippen molar-refractivity contribution in [2.75, 3.05) is 13.8 Å². The number of ketones is 1. The van der Waals surface area contributed by atoms with Crippen molar-refractivity contribution in [3.63, 3.8) is 0 Å². The molecule has 0 aliphatic carbocycles. The van der Waals surface area contributed by atoms with Crippen LogP contribution < -0.4 is 9.47 Å². The smallest absolute Gasteiger partial charge is 0.337 e. The number of methoxy groups -OCH3 is 1. The van der Waals surface area contributed by atoms with Crippen molar-refractivity contribution >= 4 is 17.8 Å². The molecule has 3 aromatic rings. The molecular weight excluding hydrogens is 420 g/mol. The van der Waals surface area contributed by atoms with Crippen LogP contribution in [-0.4, -0.2) is 35.5 Å². The lowest BCUT2D eigenvalue weighted by molar-refractivity contribution is 0.0600. The van der Waals surface area contributed by atoms with Crippen molar-refractivity contribution < 1.29 is 23.8 Å². The Labute approximate surface area is 191 Å². The van der Waals surface area contributed by atoms with Crippen molar-refractivity contribution in [1.29, 1.82) is 0 Å². The lowest BCUT2D eigenvalue weighted by Gasteiger charge is -2.30. The van der Waals surface area contributed by atoms with E-state index in [0.717, 1.165) is 28.1 Å². The first-order valence-electron chi connectivity index (χ1n) is 10.6. The number of esters is 1. The summed E-state index contributed by atoms with van der Waals surface area (Å²) in [7, 11) is 1.34. The van der Waals surface area contributed by atoms with E-state index in [9.17, 15) is 9.59 Å². The van der Waals surface area contributed by atoms with Gasteiger partial charge >= 0.3 is 5.97 Å². The normalized spacial score (nSPS) is 16.1. The van der Waals surface area contributed by atoms with E-state index in [0.29, 0.717) is 36.7 Å². The van der Waals surface area contributed by atoms with Crippen molar-refractivity contribution in [3.05, 3.63) is 94.0 Å². The summed E-state index contributed by atoms with van der Waals surface area (Å²) in [6, 6.07) is 14.5. The molecule has 166 valence electrons. The summed E-state index contributed by atoms with van der Waals surface area (Å²) in [5.74, 6) is 0.964. The number of carbonyl (C=O) groups excluding carboxylic acids is 2. The van der Waals surface area contributed by atoms with Crippen LogP contribution in [0.4, 0.5) is 0 Å². The maximum atomic E-state index is 13.1. The van der Waals surface area contributed by atoms with Crippen LogP contribution in [0.2, 0.25) is 0 Å². The highest BCUT2D eigenvalue weighted by atomic mass is 16.5. The van der Waals surface area contributed by atoms with Crippen molar-refractivity contribution in [1.82, 2.24) is 9.88 Å². The molecule has 0 bridgehead atoms. The van der Waals surface area contributed by atoms with Gasteiger partial charge in [-0.2, -0.15) is 0 Å². The standard InChI is InChI=1S/C26H22N2O5/c1-16-24-19(13-28(15-32-24)14-20-5-3-4-10-27-20)12-21-23(29)22(33-25(16)21)11-17-6-8-18(9-7-17)26(30)31-2/h3-12H,13-15H2,1-2H3/b22-11-. The molecule has 1 aromatic heterocycles. The molecule has 5 rings (SSSR count). The highest BCUT2D eigenvalue weighted by Crippen LogP contribution is 2.43. The fraction of sp³-hybridized carbons (Fsp3) is 0.192. The number of hydrogen-bond acceptors (Lipinski definition) is 7. The SMILES string of the molecule is COC(=O)c1ccc(/C=C2\Oc3c(cc4c(c3C)OCN(Cc3ccccn3)C4)C2=O)cc1. The first-order chi connectivity index (χ1) is 16.0. The van der Waals surface area contributed by atoms with Gasteiger partial charge in [-0.15, -0.1) is 0 Å². The molecule has 0 unspecified atom stereocenters. The summed E-state index contributed by atoms with van der Waals surface area (Å²) < 4.78 is 16.7. The van der Waals surface area contributed by atoms with Gasteiger partial charge in [-0.1, -0.05) is 18.2 Å². The van der Waals surface area contributed by atoms with E-state index < -0.39 is 5.97 Å². The number of benzene rings is 2. The van der Waals surface area contributed by atoms with E-state index in [-0.39, 0.29) is 11.5 Å². The third-order valence-electron chi connectivity index (χ3n) is 5.74. The molecule has 0 atom stereocenters. The van der Waals surface area contributed by atoms with E-state index in [2.05, 4.69) is 9.88 Å².